The zero-order valence-electron chi connectivity index (χ0n) is 5.05. The molecule has 0 aliphatic rings. The number of halogens is 1. The quantitative estimate of drug-likeness (QED) is 0.407. The van der Waals surface area contributed by atoms with Crippen LogP contribution in [0.25, 0.3) is 0 Å². The summed E-state index contributed by atoms with van der Waals surface area (Å²) < 4.78 is 0. The van der Waals surface area contributed by atoms with Gasteiger partial charge in [0.2, 0.25) is 0 Å². The standard InChI is InChI=1S/C4H5Cl.C3H3N/c1-2-3-4-5;1-2-3-4/h2-4H,1H2;2H,1H2. The van der Waals surface area contributed by atoms with Crippen molar-refractivity contribution < 1.29 is 0 Å². The van der Waals surface area contributed by atoms with Crippen molar-refractivity contribution in [3.63, 3.8) is 0 Å². The van der Waals surface area contributed by atoms with Crippen LogP contribution in [0.1, 0.15) is 0 Å². The van der Waals surface area contributed by atoms with Gasteiger partial charge in [-0.15, -0.1) is 0 Å². The SMILES string of the molecule is C=CC#N.C=CC=CCl. The first-order valence-corrected chi connectivity index (χ1v) is 2.65. The Morgan fingerprint density at radius 2 is 1.89 bits per heavy atom. The van der Waals surface area contributed by atoms with Crippen molar-refractivity contribution in [1.29, 1.82) is 5.26 Å². The number of rotatable bonds is 1. The van der Waals surface area contributed by atoms with Gasteiger partial charge >= 0.3 is 0 Å². The molecule has 0 rings (SSSR count). The Kier molecular flexibility index (Phi) is 19.1. The Morgan fingerprint density at radius 1 is 1.44 bits per heavy atom. The summed E-state index contributed by atoms with van der Waals surface area (Å²) in [5.74, 6) is 0. The Morgan fingerprint density at radius 3 is 1.89 bits per heavy atom. The molecule has 0 aromatic carbocycles. The van der Waals surface area contributed by atoms with E-state index in [1.54, 1.807) is 18.2 Å². The van der Waals surface area contributed by atoms with Gasteiger partial charge in [0, 0.05) is 11.6 Å². The summed E-state index contributed by atoms with van der Waals surface area (Å²) in [7, 11) is 0. The van der Waals surface area contributed by atoms with Gasteiger partial charge in [0.05, 0.1) is 6.07 Å². The van der Waals surface area contributed by atoms with Crippen molar-refractivity contribution in [3.8, 4) is 6.07 Å². The molecule has 1 nitrogen and oxygen atoms in total. The molecule has 0 saturated heterocycles. The van der Waals surface area contributed by atoms with Gasteiger partial charge in [-0.05, 0) is 0 Å². The van der Waals surface area contributed by atoms with Crippen LogP contribution >= 0.6 is 11.6 Å². The second-order valence-electron chi connectivity index (χ2n) is 0.887. The Bertz CT molecular complexity index is 130. The van der Waals surface area contributed by atoms with Gasteiger partial charge in [-0.3, -0.25) is 0 Å². The Balaban J connectivity index is 0. The lowest BCUT2D eigenvalue weighted by Gasteiger charge is -1.53. The molecule has 0 aromatic heterocycles. The van der Waals surface area contributed by atoms with Gasteiger partial charge in [0.15, 0.2) is 0 Å². The Labute approximate surface area is 60.6 Å². The van der Waals surface area contributed by atoms with Crippen molar-refractivity contribution in [2.24, 2.45) is 0 Å². The van der Waals surface area contributed by atoms with E-state index in [-0.39, 0.29) is 0 Å². The summed E-state index contributed by atoms with van der Waals surface area (Å²) in [6.45, 7) is 6.50. The van der Waals surface area contributed by atoms with E-state index >= 15 is 0 Å². The number of hydrogen-bond donors (Lipinski definition) is 0. The average molecular weight is 142 g/mol. The largest absolute Gasteiger partial charge is 0.193 e. The lowest BCUT2D eigenvalue weighted by Crippen LogP contribution is -1.29. The topological polar surface area (TPSA) is 23.8 Å². The molecule has 0 aliphatic carbocycles. The molecule has 0 unspecified atom stereocenters. The summed E-state index contributed by atoms with van der Waals surface area (Å²) in [4.78, 5) is 0. The third-order valence-corrected chi connectivity index (χ3v) is 0.446. The van der Waals surface area contributed by atoms with Crippen molar-refractivity contribution in [1.82, 2.24) is 0 Å². The highest BCUT2D eigenvalue weighted by Crippen LogP contribution is 1.74. The van der Waals surface area contributed by atoms with E-state index in [2.05, 4.69) is 13.2 Å². The third-order valence-electron chi connectivity index (χ3n) is 0.300. The third kappa shape index (κ3) is 43.8. The zero-order valence-corrected chi connectivity index (χ0v) is 5.80. The predicted molar refractivity (Wildman–Crippen MR) is 41.0 cm³/mol. The molecule has 0 heterocycles. The maximum absolute atomic E-state index is 7.51. The molecular weight excluding hydrogens is 134 g/mol. The average Bonchev–Trinajstić information content (AvgIpc) is 1.91. The van der Waals surface area contributed by atoms with Crippen LogP contribution < -0.4 is 0 Å². The van der Waals surface area contributed by atoms with Crippen LogP contribution in [-0.4, -0.2) is 0 Å². The van der Waals surface area contributed by atoms with Crippen molar-refractivity contribution >= 4 is 11.6 Å². The first-order chi connectivity index (χ1) is 4.33. The van der Waals surface area contributed by atoms with E-state index < -0.39 is 0 Å². The minimum Gasteiger partial charge on any atom is -0.193 e. The monoisotopic (exact) mass is 141 g/mol. The van der Waals surface area contributed by atoms with E-state index in [9.17, 15) is 0 Å². The normalized spacial score (nSPS) is 6.67. The maximum Gasteiger partial charge on any atom is 0.0905 e. The molecule has 0 fully saturated rings. The highest BCUT2D eigenvalue weighted by atomic mass is 35.5. The molecule has 0 aromatic rings. The van der Waals surface area contributed by atoms with E-state index in [4.69, 9.17) is 16.9 Å². The first kappa shape index (κ1) is 10.9. The molecule has 0 saturated carbocycles. The van der Waals surface area contributed by atoms with Crippen molar-refractivity contribution in [3.05, 3.63) is 36.9 Å². The smallest absolute Gasteiger partial charge is 0.0905 e. The molecule has 48 valence electrons. The van der Waals surface area contributed by atoms with E-state index in [0.29, 0.717) is 0 Å². The molecule has 2 heteroatoms. The van der Waals surface area contributed by atoms with Crippen LogP contribution in [-0.2, 0) is 0 Å². The fourth-order valence-electron chi connectivity index (χ4n) is 0.0514. The molecule has 9 heavy (non-hydrogen) atoms. The number of nitrogens with zero attached hydrogens (tertiary/aromatic N) is 1. The molecule has 0 atom stereocenters. The highest BCUT2D eigenvalue weighted by Gasteiger charge is 1.44. The minimum absolute atomic E-state index is 1.18. The minimum atomic E-state index is 1.18. The second-order valence-corrected chi connectivity index (χ2v) is 1.14. The number of hydrogen-bond acceptors (Lipinski definition) is 1. The molecule has 0 amide bonds. The van der Waals surface area contributed by atoms with Crippen LogP contribution in [0, 0.1) is 11.3 Å². The van der Waals surface area contributed by atoms with Gasteiger partial charge in [-0.2, -0.15) is 5.26 Å². The molecule has 0 spiro atoms. The lowest BCUT2D eigenvalue weighted by molar-refractivity contribution is 1.54. The van der Waals surface area contributed by atoms with Gasteiger partial charge < -0.3 is 0 Å². The van der Waals surface area contributed by atoms with Crippen LogP contribution in [0.4, 0.5) is 0 Å². The van der Waals surface area contributed by atoms with E-state index in [0.717, 1.165) is 0 Å². The second kappa shape index (κ2) is 15.8. The summed E-state index contributed by atoms with van der Waals surface area (Å²) in [5, 5.41) is 7.51. The summed E-state index contributed by atoms with van der Waals surface area (Å²) in [6.07, 6.45) is 4.45. The van der Waals surface area contributed by atoms with Gasteiger partial charge in [-0.1, -0.05) is 36.9 Å². The summed E-state index contributed by atoms with van der Waals surface area (Å²) in [5.41, 5.74) is 1.41. The van der Waals surface area contributed by atoms with E-state index in [1.807, 2.05) is 0 Å². The van der Waals surface area contributed by atoms with Crippen LogP contribution in [0.15, 0.2) is 36.9 Å². The molecule has 0 bridgehead atoms. The number of nitriles is 1. The highest BCUT2D eigenvalue weighted by molar-refractivity contribution is 6.25. The van der Waals surface area contributed by atoms with Crippen molar-refractivity contribution in [2.45, 2.75) is 0 Å². The fourth-order valence-corrected chi connectivity index (χ4v) is 0.154. The summed E-state index contributed by atoms with van der Waals surface area (Å²) >= 11 is 5.05. The van der Waals surface area contributed by atoms with Gasteiger partial charge in [-0.25, -0.2) is 0 Å². The maximum atomic E-state index is 7.51. The zero-order chi connectivity index (χ0) is 7.54. The first-order valence-electron chi connectivity index (χ1n) is 2.21. The molecule has 0 aliphatic heterocycles. The fraction of sp³-hybridized carbons (Fsp3) is 0. The van der Waals surface area contributed by atoms with E-state index in [1.165, 1.54) is 11.6 Å². The van der Waals surface area contributed by atoms with Crippen molar-refractivity contribution in [2.75, 3.05) is 0 Å². The molecule has 0 radical (unpaired) electrons. The Hall–Kier alpha value is -1.00. The summed E-state index contributed by atoms with van der Waals surface area (Å²) in [6, 6.07) is 1.69. The van der Waals surface area contributed by atoms with Gasteiger partial charge in [0.25, 0.3) is 0 Å². The van der Waals surface area contributed by atoms with Crippen LogP contribution in [0.3, 0.4) is 0 Å². The molecule has 0 N–H and O–H groups in total. The predicted octanol–water partition coefficient (Wildman–Crippen LogP) is 2.62. The number of allylic oxidation sites excluding steroid dienone is 3. The van der Waals surface area contributed by atoms with Gasteiger partial charge in [0.1, 0.15) is 0 Å². The van der Waals surface area contributed by atoms with Crippen LogP contribution in [0.5, 0.6) is 0 Å². The lowest BCUT2D eigenvalue weighted by atomic mass is 10.6. The molecular formula is C7H8ClN. The van der Waals surface area contributed by atoms with Crippen LogP contribution in [0.2, 0.25) is 0 Å².